The molecule has 0 N–H and O–H groups in total. The van der Waals surface area contributed by atoms with Crippen molar-refractivity contribution in [2.75, 3.05) is 20.2 Å². The summed E-state index contributed by atoms with van der Waals surface area (Å²) in [5, 5.41) is 0. The predicted octanol–water partition coefficient (Wildman–Crippen LogP) is 2.45. The van der Waals surface area contributed by atoms with Crippen molar-refractivity contribution in [2.45, 2.75) is 52.0 Å². The minimum atomic E-state index is -0.0211. The molecule has 0 aromatic heterocycles. The molecule has 1 aliphatic carbocycles. The lowest BCUT2D eigenvalue weighted by Crippen LogP contribution is -2.44. The molecule has 17 heavy (non-hydrogen) atoms. The molecule has 2 fully saturated rings. The molecule has 1 aliphatic heterocycles. The lowest BCUT2D eigenvalue weighted by Gasteiger charge is -2.29. The van der Waals surface area contributed by atoms with Crippen LogP contribution in [0.4, 0.5) is 0 Å². The van der Waals surface area contributed by atoms with Crippen LogP contribution < -0.4 is 0 Å². The molecule has 0 bridgehead atoms. The second-order valence-electron chi connectivity index (χ2n) is 6.36. The molecule has 2 rings (SSSR count). The molecule has 1 saturated heterocycles. The first-order valence-corrected chi connectivity index (χ1v) is 6.85. The van der Waals surface area contributed by atoms with Crippen LogP contribution in [-0.4, -0.2) is 37.1 Å². The van der Waals surface area contributed by atoms with Crippen molar-refractivity contribution in [1.29, 1.82) is 0 Å². The Morgan fingerprint density at radius 1 is 1.29 bits per heavy atom. The molecule has 3 nitrogen and oxygen atoms in total. The summed E-state index contributed by atoms with van der Waals surface area (Å²) in [4.78, 5) is 14.3. The minimum Gasteiger partial charge on any atom is -0.468 e. The highest BCUT2D eigenvalue weighted by atomic mass is 16.5. The number of hydrogen-bond donors (Lipinski definition) is 0. The summed E-state index contributed by atoms with van der Waals surface area (Å²) in [5.41, 5.74) is 0.430. The third-order valence-corrected chi connectivity index (χ3v) is 4.28. The van der Waals surface area contributed by atoms with E-state index in [-0.39, 0.29) is 12.0 Å². The number of hydrogen-bond acceptors (Lipinski definition) is 3. The third kappa shape index (κ3) is 3.21. The van der Waals surface area contributed by atoms with Crippen molar-refractivity contribution in [3.8, 4) is 0 Å². The normalized spacial score (nSPS) is 27.2. The van der Waals surface area contributed by atoms with E-state index in [4.69, 9.17) is 4.74 Å². The highest BCUT2D eigenvalue weighted by Gasteiger charge is 2.41. The highest BCUT2D eigenvalue weighted by molar-refractivity contribution is 5.76. The van der Waals surface area contributed by atoms with Gasteiger partial charge < -0.3 is 4.74 Å². The Morgan fingerprint density at radius 2 is 2.00 bits per heavy atom. The Balaban J connectivity index is 2.01. The van der Waals surface area contributed by atoms with Gasteiger partial charge in [-0.05, 0) is 56.5 Å². The average Bonchev–Trinajstić information content (AvgIpc) is 3.09. The number of nitrogens with zero attached hydrogens (tertiary/aromatic N) is 1. The maximum Gasteiger partial charge on any atom is 0.323 e. The van der Waals surface area contributed by atoms with E-state index >= 15 is 0 Å². The zero-order valence-electron chi connectivity index (χ0n) is 11.4. The van der Waals surface area contributed by atoms with Gasteiger partial charge in [0.25, 0.3) is 0 Å². The standard InChI is InChI=1S/C14H25NO2/c1-14(2)7-4-9-15(10-8-14)12(11-5-6-11)13(16)17-3/h11-12H,4-10H2,1-3H3. The average molecular weight is 239 g/mol. The van der Waals surface area contributed by atoms with E-state index in [1.54, 1.807) is 0 Å². The van der Waals surface area contributed by atoms with Gasteiger partial charge in [0.1, 0.15) is 6.04 Å². The Labute approximate surface area is 105 Å². The summed E-state index contributed by atoms with van der Waals surface area (Å²) in [7, 11) is 1.51. The summed E-state index contributed by atoms with van der Waals surface area (Å²) < 4.78 is 4.98. The van der Waals surface area contributed by atoms with Crippen LogP contribution in [0, 0.1) is 11.3 Å². The van der Waals surface area contributed by atoms with Crippen LogP contribution in [0.15, 0.2) is 0 Å². The molecule has 1 heterocycles. The quantitative estimate of drug-likeness (QED) is 0.709. The molecule has 1 atom stereocenters. The van der Waals surface area contributed by atoms with Gasteiger partial charge in [0.2, 0.25) is 0 Å². The van der Waals surface area contributed by atoms with E-state index in [0.29, 0.717) is 11.3 Å². The third-order valence-electron chi connectivity index (χ3n) is 4.28. The maximum atomic E-state index is 11.9. The molecule has 0 amide bonds. The highest BCUT2D eigenvalue weighted by Crippen LogP contribution is 2.38. The molecule has 1 unspecified atom stereocenters. The first-order chi connectivity index (χ1) is 8.03. The van der Waals surface area contributed by atoms with Gasteiger partial charge in [-0.15, -0.1) is 0 Å². The van der Waals surface area contributed by atoms with Gasteiger partial charge in [-0.3, -0.25) is 9.69 Å². The van der Waals surface area contributed by atoms with Gasteiger partial charge in [-0.1, -0.05) is 13.8 Å². The SMILES string of the molecule is COC(=O)C(C1CC1)N1CCCC(C)(C)CC1. The topological polar surface area (TPSA) is 29.5 Å². The molecule has 3 heteroatoms. The Kier molecular flexibility index (Phi) is 3.76. The molecule has 0 spiro atoms. The predicted molar refractivity (Wildman–Crippen MR) is 67.7 cm³/mol. The van der Waals surface area contributed by atoms with E-state index in [9.17, 15) is 4.79 Å². The summed E-state index contributed by atoms with van der Waals surface area (Å²) in [6.45, 7) is 6.77. The summed E-state index contributed by atoms with van der Waals surface area (Å²) in [5.74, 6) is 0.538. The number of ether oxygens (including phenoxy) is 1. The fraction of sp³-hybridized carbons (Fsp3) is 0.929. The van der Waals surface area contributed by atoms with Gasteiger partial charge >= 0.3 is 5.97 Å². The van der Waals surface area contributed by atoms with E-state index in [2.05, 4.69) is 18.7 Å². The van der Waals surface area contributed by atoms with Crippen molar-refractivity contribution in [1.82, 2.24) is 4.90 Å². The molecule has 2 aliphatic rings. The van der Waals surface area contributed by atoms with Crippen molar-refractivity contribution in [3.63, 3.8) is 0 Å². The lowest BCUT2D eigenvalue weighted by molar-refractivity contribution is -0.148. The van der Waals surface area contributed by atoms with Crippen molar-refractivity contribution in [3.05, 3.63) is 0 Å². The van der Waals surface area contributed by atoms with Crippen LogP contribution in [0.1, 0.15) is 46.0 Å². The molecule has 0 aromatic carbocycles. The number of methoxy groups -OCH3 is 1. The Hall–Kier alpha value is -0.570. The Bertz CT molecular complexity index is 284. The largest absolute Gasteiger partial charge is 0.468 e. The second kappa shape index (κ2) is 4.97. The van der Waals surface area contributed by atoms with Gasteiger partial charge in [0.15, 0.2) is 0 Å². The van der Waals surface area contributed by atoms with E-state index in [1.807, 2.05) is 0 Å². The summed E-state index contributed by atoms with van der Waals surface area (Å²) in [6, 6.07) is 0.0360. The molecule has 1 saturated carbocycles. The van der Waals surface area contributed by atoms with Crippen molar-refractivity contribution < 1.29 is 9.53 Å². The van der Waals surface area contributed by atoms with E-state index < -0.39 is 0 Å². The molecule has 0 aromatic rings. The van der Waals surface area contributed by atoms with Crippen LogP contribution in [0.25, 0.3) is 0 Å². The van der Waals surface area contributed by atoms with Gasteiger partial charge in [-0.25, -0.2) is 0 Å². The second-order valence-corrected chi connectivity index (χ2v) is 6.36. The van der Waals surface area contributed by atoms with E-state index in [0.717, 1.165) is 13.1 Å². The number of likely N-dealkylation sites (tertiary alicyclic amines) is 1. The molecular formula is C14H25NO2. The zero-order chi connectivity index (χ0) is 12.5. The van der Waals surface area contributed by atoms with Gasteiger partial charge in [0, 0.05) is 0 Å². The maximum absolute atomic E-state index is 11.9. The molecular weight excluding hydrogens is 214 g/mol. The number of carbonyl (C=O) groups excluding carboxylic acids is 1. The number of carbonyl (C=O) groups is 1. The summed E-state index contributed by atoms with van der Waals surface area (Å²) >= 11 is 0. The van der Waals surface area contributed by atoms with Crippen LogP contribution in [-0.2, 0) is 9.53 Å². The van der Waals surface area contributed by atoms with Gasteiger partial charge in [-0.2, -0.15) is 0 Å². The lowest BCUT2D eigenvalue weighted by atomic mass is 9.85. The monoisotopic (exact) mass is 239 g/mol. The van der Waals surface area contributed by atoms with Crippen LogP contribution in [0.2, 0.25) is 0 Å². The smallest absolute Gasteiger partial charge is 0.323 e. The fourth-order valence-electron chi connectivity index (χ4n) is 2.89. The Morgan fingerprint density at radius 3 is 2.59 bits per heavy atom. The number of rotatable bonds is 3. The van der Waals surface area contributed by atoms with Crippen LogP contribution in [0.5, 0.6) is 0 Å². The van der Waals surface area contributed by atoms with Crippen LogP contribution >= 0.6 is 0 Å². The van der Waals surface area contributed by atoms with E-state index in [1.165, 1.54) is 39.2 Å². The van der Waals surface area contributed by atoms with Crippen LogP contribution in [0.3, 0.4) is 0 Å². The molecule has 98 valence electrons. The van der Waals surface area contributed by atoms with Crippen molar-refractivity contribution >= 4 is 5.97 Å². The van der Waals surface area contributed by atoms with Gasteiger partial charge in [0.05, 0.1) is 7.11 Å². The zero-order valence-corrected chi connectivity index (χ0v) is 11.4. The fourth-order valence-corrected chi connectivity index (χ4v) is 2.89. The molecule has 0 radical (unpaired) electrons. The minimum absolute atomic E-state index is 0.0211. The number of esters is 1. The first kappa shape index (κ1) is 12.9. The van der Waals surface area contributed by atoms with Crippen molar-refractivity contribution in [2.24, 2.45) is 11.3 Å². The summed E-state index contributed by atoms with van der Waals surface area (Å²) in [6.07, 6.45) is 6.04. The first-order valence-electron chi connectivity index (χ1n) is 6.85.